The highest BCUT2D eigenvalue weighted by Gasteiger charge is 2.10. The molecule has 17 heavy (non-hydrogen) atoms. The summed E-state index contributed by atoms with van der Waals surface area (Å²) in [6.07, 6.45) is 6.66. The van der Waals surface area contributed by atoms with Crippen LogP contribution < -0.4 is 0 Å². The van der Waals surface area contributed by atoms with Crippen molar-refractivity contribution in [1.29, 1.82) is 0 Å². The molecule has 0 aliphatic heterocycles. The van der Waals surface area contributed by atoms with Crippen molar-refractivity contribution in [3.8, 4) is 0 Å². The van der Waals surface area contributed by atoms with Gasteiger partial charge in [-0.25, -0.2) is 4.98 Å². The minimum atomic E-state index is -0.0372. The van der Waals surface area contributed by atoms with Crippen LogP contribution in [-0.2, 0) is 0 Å². The highest BCUT2D eigenvalue weighted by Crippen LogP contribution is 2.21. The Morgan fingerprint density at radius 2 is 2.29 bits per heavy atom. The first-order chi connectivity index (χ1) is 8.08. The van der Waals surface area contributed by atoms with Gasteiger partial charge < -0.3 is 9.88 Å². The van der Waals surface area contributed by atoms with E-state index in [9.17, 15) is 4.79 Å². The zero-order chi connectivity index (χ0) is 12.4. The average Bonchev–Trinajstić information content (AvgIpc) is 2.68. The number of aromatic amines is 1. The lowest BCUT2D eigenvalue weighted by Crippen LogP contribution is -2.02. The number of carbonyl (C=O) groups is 1. The van der Waals surface area contributed by atoms with Gasteiger partial charge in [0, 0.05) is 54.2 Å². The number of allylic oxidation sites excluding steroid dienone is 1. The maximum atomic E-state index is 12.0. The van der Waals surface area contributed by atoms with Gasteiger partial charge in [-0.15, -0.1) is 0 Å². The molecule has 0 saturated carbocycles. The van der Waals surface area contributed by atoms with Gasteiger partial charge in [0.2, 0.25) is 0 Å². The van der Waals surface area contributed by atoms with E-state index in [2.05, 4.69) is 25.9 Å². The number of fused-ring (bicyclic) bond motifs is 1. The zero-order valence-corrected chi connectivity index (χ0v) is 11.2. The lowest BCUT2D eigenvalue weighted by molar-refractivity contribution is 0.104. The fourth-order valence-corrected chi connectivity index (χ4v) is 1.82. The summed E-state index contributed by atoms with van der Waals surface area (Å²) >= 11 is 3.35. The Morgan fingerprint density at radius 3 is 3.00 bits per heavy atom. The Kier molecular flexibility index (Phi) is 3.28. The van der Waals surface area contributed by atoms with Crippen LogP contribution in [0.3, 0.4) is 0 Å². The van der Waals surface area contributed by atoms with Crippen LogP contribution in [0.5, 0.6) is 0 Å². The Bertz CT molecular complexity index is 586. The molecule has 4 nitrogen and oxygen atoms in total. The normalized spacial score (nSPS) is 11.2. The van der Waals surface area contributed by atoms with E-state index in [1.54, 1.807) is 24.7 Å². The molecule has 0 aliphatic carbocycles. The van der Waals surface area contributed by atoms with Crippen molar-refractivity contribution in [3.63, 3.8) is 0 Å². The molecule has 2 rings (SSSR count). The second-order valence-electron chi connectivity index (χ2n) is 3.90. The molecule has 2 aromatic rings. The zero-order valence-electron chi connectivity index (χ0n) is 9.57. The molecule has 0 aromatic carbocycles. The Balaban J connectivity index is 2.42. The maximum Gasteiger partial charge on any atom is 0.189 e. The summed E-state index contributed by atoms with van der Waals surface area (Å²) in [5.41, 5.74) is 1.35. The van der Waals surface area contributed by atoms with Crippen LogP contribution in [0.2, 0.25) is 0 Å². The first-order valence-corrected chi connectivity index (χ1v) is 5.89. The molecule has 88 valence electrons. The van der Waals surface area contributed by atoms with E-state index >= 15 is 0 Å². The molecule has 5 heteroatoms. The highest BCUT2D eigenvalue weighted by atomic mass is 79.9. The van der Waals surface area contributed by atoms with E-state index in [1.807, 2.05) is 25.1 Å². The Morgan fingerprint density at radius 1 is 1.53 bits per heavy atom. The van der Waals surface area contributed by atoms with E-state index in [4.69, 9.17) is 0 Å². The summed E-state index contributed by atoms with van der Waals surface area (Å²) in [6.45, 7) is 0. The van der Waals surface area contributed by atoms with Gasteiger partial charge in [0.15, 0.2) is 5.78 Å². The molecule has 0 saturated heterocycles. The largest absolute Gasteiger partial charge is 0.383 e. The minimum absolute atomic E-state index is 0.0372. The highest BCUT2D eigenvalue weighted by molar-refractivity contribution is 9.10. The number of H-pyrrole nitrogens is 1. The summed E-state index contributed by atoms with van der Waals surface area (Å²) in [5.74, 6) is -0.0372. The quantitative estimate of drug-likeness (QED) is 0.699. The van der Waals surface area contributed by atoms with E-state index in [-0.39, 0.29) is 5.78 Å². The summed E-state index contributed by atoms with van der Waals surface area (Å²) in [7, 11) is 3.74. The molecule has 0 unspecified atom stereocenters. The number of pyridine rings is 1. The first-order valence-electron chi connectivity index (χ1n) is 5.09. The van der Waals surface area contributed by atoms with Gasteiger partial charge in [0.1, 0.15) is 5.65 Å². The van der Waals surface area contributed by atoms with E-state index in [0.29, 0.717) is 5.56 Å². The lowest BCUT2D eigenvalue weighted by atomic mass is 10.1. The van der Waals surface area contributed by atoms with Crippen molar-refractivity contribution in [2.75, 3.05) is 14.1 Å². The van der Waals surface area contributed by atoms with Gasteiger partial charge in [0.25, 0.3) is 0 Å². The molecule has 2 aromatic heterocycles. The van der Waals surface area contributed by atoms with Crippen LogP contribution in [0, 0.1) is 0 Å². The van der Waals surface area contributed by atoms with Gasteiger partial charge >= 0.3 is 0 Å². The molecule has 0 bridgehead atoms. The predicted molar refractivity (Wildman–Crippen MR) is 71.0 cm³/mol. The van der Waals surface area contributed by atoms with Crippen LogP contribution in [0.25, 0.3) is 11.0 Å². The number of aromatic nitrogens is 2. The second kappa shape index (κ2) is 4.71. The van der Waals surface area contributed by atoms with Crippen molar-refractivity contribution < 1.29 is 4.79 Å². The summed E-state index contributed by atoms with van der Waals surface area (Å²) < 4.78 is 0.857. The molecule has 0 radical (unpaired) electrons. The molecule has 0 amide bonds. The monoisotopic (exact) mass is 293 g/mol. The Hall–Kier alpha value is -1.62. The van der Waals surface area contributed by atoms with Gasteiger partial charge in [0.05, 0.1) is 0 Å². The number of hydrogen-bond donors (Lipinski definition) is 1. The van der Waals surface area contributed by atoms with Crippen molar-refractivity contribution in [1.82, 2.24) is 14.9 Å². The number of halogens is 1. The standard InChI is InChI=1S/C12H12BrN3O/c1-16(2)4-3-11(17)10-7-15-12-9(10)5-8(13)6-14-12/h3-7H,1-2H3,(H,14,15). The van der Waals surface area contributed by atoms with Crippen LogP contribution in [0.1, 0.15) is 10.4 Å². The van der Waals surface area contributed by atoms with Crippen molar-refractivity contribution >= 4 is 32.7 Å². The molecule has 1 N–H and O–H groups in total. The summed E-state index contributed by atoms with van der Waals surface area (Å²) in [4.78, 5) is 21.0. The fraction of sp³-hybridized carbons (Fsp3) is 0.167. The molecular formula is C12H12BrN3O. The maximum absolute atomic E-state index is 12.0. The van der Waals surface area contributed by atoms with Gasteiger partial charge in [-0.3, -0.25) is 4.79 Å². The number of hydrogen-bond acceptors (Lipinski definition) is 3. The SMILES string of the molecule is CN(C)C=CC(=O)c1c[nH]c2ncc(Br)cc12. The number of carbonyl (C=O) groups excluding carboxylic acids is 1. The van der Waals surface area contributed by atoms with Crippen LogP contribution in [0.15, 0.2) is 35.2 Å². The third-order valence-electron chi connectivity index (χ3n) is 2.29. The predicted octanol–water partition coefficient (Wildman–Crippen LogP) is 2.58. The van der Waals surface area contributed by atoms with Gasteiger partial charge in [-0.05, 0) is 22.0 Å². The van der Waals surface area contributed by atoms with E-state index in [1.165, 1.54) is 0 Å². The fourth-order valence-electron chi connectivity index (χ4n) is 1.49. The lowest BCUT2D eigenvalue weighted by Gasteiger charge is -2.02. The molecular weight excluding hydrogens is 282 g/mol. The van der Waals surface area contributed by atoms with Gasteiger partial charge in [-0.2, -0.15) is 0 Å². The second-order valence-corrected chi connectivity index (χ2v) is 4.81. The van der Waals surface area contributed by atoms with E-state index in [0.717, 1.165) is 15.5 Å². The summed E-state index contributed by atoms with van der Waals surface area (Å²) in [5, 5.41) is 0.827. The molecule has 0 aliphatic rings. The topological polar surface area (TPSA) is 49.0 Å². The van der Waals surface area contributed by atoms with Crippen molar-refractivity contribution in [3.05, 3.63) is 40.8 Å². The smallest absolute Gasteiger partial charge is 0.189 e. The van der Waals surface area contributed by atoms with Crippen LogP contribution in [0.4, 0.5) is 0 Å². The van der Waals surface area contributed by atoms with Crippen molar-refractivity contribution in [2.24, 2.45) is 0 Å². The average molecular weight is 294 g/mol. The number of rotatable bonds is 3. The number of ketones is 1. The third-order valence-corrected chi connectivity index (χ3v) is 2.72. The number of nitrogens with zero attached hydrogens (tertiary/aromatic N) is 2. The number of nitrogens with one attached hydrogen (secondary N) is 1. The van der Waals surface area contributed by atoms with Gasteiger partial charge in [-0.1, -0.05) is 0 Å². The molecule has 0 fully saturated rings. The van der Waals surface area contributed by atoms with E-state index < -0.39 is 0 Å². The molecule has 0 atom stereocenters. The van der Waals surface area contributed by atoms with Crippen LogP contribution >= 0.6 is 15.9 Å². The summed E-state index contributed by atoms with van der Waals surface area (Å²) in [6, 6.07) is 1.88. The molecule has 2 heterocycles. The van der Waals surface area contributed by atoms with Crippen molar-refractivity contribution in [2.45, 2.75) is 0 Å². The first kappa shape index (κ1) is 11.9. The minimum Gasteiger partial charge on any atom is -0.383 e. The molecule has 0 spiro atoms. The Labute approximate surface area is 107 Å². The third kappa shape index (κ3) is 2.55. The van der Waals surface area contributed by atoms with Crippen LogP contribution in [-0.4, -0.2) is 34.7 Å².